The SMILES string of the molecule is Cc1cccc2[nH]c3c(N4CCCC4)ncnc3c12. The van der Waals surface area contributed by atoms with Crippen LogP contribution < -0.4 is 4.90 Å². The van der Waals surface area contributed by atoms with E-state index in [-0.39, 0.29) is 0 Å². The minimum atomic E-state index is 1.05. The average molecular weight is 252 g/mol. The number of rotatable bonds is 1. The van der Waals surface area contributed by atoms with Gasteiger partial charge in [0.15, 0.2) is 5.82 Å². The van der Waals surface area contributed by atoms with Crippen molar-refractivity contribution in [1.29, 1.82) is 0 Å². The zero-order valence-corrected chi connectivity index (χ0v) is 11.0. The lowest BCUT2D eigenvalue weighted by molar-refractivity contribution is 0.937. The van der Waals surface area contributed by atoms with E-state index >= 15 is 0 Å². The third-order valence-corrected chi connectivity index (χ3v) is 4.00. The smallest absolute Gasteiger partial charge is 0.156 e. The number of aromatic amines is 1. The highest BCUT2D eigenvalue weighted by Crippen LogP contribution is 2.32. The number of fused-ring (bicyclic) bond motifs is 3. The lowest BCUT2D eigenvalue weighted by atomic mass is 10.1. The Morgan fingerprint density at radius 1 is 1.16 bits per heavy atom. The average Bonchev–Trinajstić information content (AvgIpc) is 3.05. The highest BCUT2D eigenvalue weighted by atomic mass is 15.2. The number of aryl methyl sites for hydroxylation is 1. The summed E-state index contributed by atoms with van der Waals surface area (Å²) in [6.07, 6.45) is 4.20. The monoisotopic (exact) mass is 252 g/mol. The van der Waals surface area contributed by atoms with Crippen LogP contribution in [0.15, 0.2) is 24.5 Å². The summed E-state index contributed by atoms with van der Waals surface area (Å²) >= 11 is 0. The molecule has 96 valence electrons. The fourth-order valence-electron chi connectivity index (χ4n) is 3.07. The Kier molecular flexibility index (Phi) is 2.24. The van der Waals surface area contributed by atoms with Crippen LogP contribution in [-0.4, -0.2) is 28.0 Å². The summed E-state index contributed by atoms with van der Waals surface area (Å²) in [4.78, 5) is 14.8. The van der Waals surface area contributed by atoms with Crippen molar-refractivity contribution in [3.05, 3.63) is 30.1 Å². The van der Waals surface area contributed by atoms with Crippen LogP contribution in [0.1, 0.15) is 18.4 Å². The van der Waals surface area contributed by atoms with Crippen molar-refractivity contribution < 1.29 is 0 Å². The Bertz CT molecular complexity index is 753. The third-order valence-electron chi connectivity index (χ3n) is 4.00. The number of hydrogen-bond donors (Lipinski definition) is 1. The fraction of sp³-hybridized carbons (Fsp3) is 0.333. The largest absolute Gasteiger partial charge is 0.355 e. The molecule has 0 atom stereocenters. The van der Waals surface area contributed by atoms with E-state index in [1.165, 1.54) is 23.8 Å². The van der Waals surface area contributed by atoms with E-state index in [2.05, 4.69) is 45.0 Å². The lowest BCUT2D eigenvalue weighted by Gasteiger charge is -2.16. The van der Waals surface area contributed by atoms with Gasteiger partial charge in [0, 0.05) is 24.0 Å². The molecule has 1 N–H and O–H groups in total. The molecule has 0 aliphatic carbocycles. The van der Waals surface area contributed by atoms with Crippen LogP contribution in [0, 0.1) is 6.92 Å². The first kappa shape index (κ1) is 10.8. The first-order chi connectivity index (χ1) is 9.34. The van der Waals surface area contributed by atoms with Crippen LogP contribution in [0.5, 0.6) is 0 Å². The molecule has 2 aromatic heterocycles. The topological polar surface area (TPSA) is 44.8 Å². The Labute approximate surface area is 111 Å². The van der Waals surface area contributed by atoms with Crippen molar-refractivity contribution in [2.45, 2.75) is 19.8 Å². The molecular formula is C15H16N4. The number of nitrogens with zero attached hydrogens (tertiary/aromatic N) is 3. The molecule has 0 saturated carbocycles. The first-order valence-corrected chi connectivity index (χ1v) is 6.81. The minimum Gasteiger partial charge on any atom is -0.355 e. The van der Waals surface area contributed by atoms with E-state index in [0.29, 0.717) is 0 Å². The van der Waals surface area contributed by atoms with Gasteiger partial charge in [0.1, 0.15) is 17.4 Å². The molecule has 4 heteroatoms. The molecule has 4 nitrogen and oxygen atoms in total. The Hall–Kier alpha value is -2.10. The van der Waals surface area contributed by atoms with Crippen molar-refractivity contribution >= 4 is 27.8 Å². The van der Waals surface area contributed by atoms with E-state index in [9.17, 15) is 0 Å². The Morgan fingerprint density at radius 2 is 2.00 bits per heavy atom. The molecule has 3 aromatic rings. The van der Waals surface area contributed by atoms with Crippen LogP contribution in [0.3, 0.4) is 0 Å². The summed E-state index contributed by atoms with van der Waals surface area (Å²) in [5.41, 5.74) is 4.53. The third kappa shape index (κ3) is 1.52. The maximum absolute atomic E-state index is 4.50. The normalized spacial score (nSPS) is 15.7. The molecule has 0 amide bonds. The van der Waals surface area contributed by atoms with Gasteiger partial charge in [0.05, 0.1) is 0 Å². The van der Waals surface area contributed by atoms with Crippen molar-refractivity contribution in [1.82, 2.24) is 15.0 Å². The summed E-state index contributed by atoms with van der Waals surface area (Å²) in [6.45, 7) is 4.33. The molecule has 3 heterocycles. The quantitative estimate of drug-likeness (QED) is 0.724. The molecule has 0 spiro atoms. The second-order valence-electron chi connectivity index (χ2n) is 5.24. The molecule has 0 radical (unpaired) electrons. The highest BCUT2D eigenvalue weighted by molar-refractivity contribution is 6.09. The zero-order valence-electron chi connectivity index (χ0n) is 11.0. The number of benzene rings is 1. The predicted molar refractivity (Wildman–Crippen MR) is 77.6 cm³/mol. The maximum atomic E-state index is 4.50. The van der Waals surface area contributed by atoms with Crippen LogP contribution in [0.2, 0.25) is 0 Å². The van der Waals surface area contributed by atoms with Crippen LogP contribution in [-0.2, 0) is 0 Å². The van der Waals surface area contributed by atoms with Gasteiger partial charge in [-0.25, -0.2) is 9.97 Å². The van der Waals surface area contributed by atoms with E-state index in [0.717, 1.165) is 35.5 Å². The maximum Gasteiger partial charge on any atom is 0.156 e. The predicted octanol–water partition coefficient (Wildman–Crippen LogP) is 3.02. The minimum absolute atomic E-state index is 1.05. The Morgan fingerprint density at radius 3 is 2.84 bits per heavy atom. The number of H-pyrrole nitrogens is 1. The molecular weight excluding hydrogens is 236 g/mol. The Balaban J connectivity index is 2.06. The highest BCUT2D eigenvalue weighted by Gasteiger charge is 2.19. The van der Waals surface area contributed by atoms with Gasteiger partial charge in [0.2, 0.25) is 0 Å². The molecule has 0 bridgehead atoms. The van der Waals surface area contributed by atoms with Gasteiger partial charge in [-0.3, -0.25) is 0 Å². The summed E-state index contributed by atoms with van der Waals surface area (Å²) in [6, 6.07) is 6.32. The second kappa shape index (κ2) is 3.95. The molecule has 1 aliphatic heterocycles. The molecule has 1 aliphatic rings. The second-order valence-corrected chi connectivity index (χ2v) is 5.24. The van der Waals surface area contributed by atoms with E-state index in [1.807, 2.05) is 0 Å². The van der Waals surface area contributed by atoms with E-state index < -0.39 is 0 Å². The molecule has 4 rings (SSSR count). The van der Waals surface area contributed by atoms with Crippen LogP contribution >= 0.6 is 0 Å². The summed E-state index contributed by atoms with van der Waals surface area (Å²) in [5, 5.41) is 1.22. The summed E-state index contributed by atoms with van der Waals surface area (Å²) < 4.78 is 0. The van der Waals surface area contributed by atoms with Gasteiger partial charge in [-0.15, -0.1) is 0 Å². The zero-order chi connectivity index (χ0) is 12.8. The standard InChI is InChI=1S/C15H16N4/c1-10-5-4-6-11-12(10)13-14(18-11)15(17-9-16-13)19-7-2-3-8-19/h4-6,9,18H,2-3,7-8H2,1H3. The lowest BCUT2D eigenvalue weighted by Crippen LogP contribution is -2.19. The fourth-order valence-corrected chi connectivity index (χ4v) is 3.07. The van der Waals surface area contributed by atoms with Crippen molar-refractivity contribution in [2.75, 3.05) is 18.0 Å². The number of nitrogens with one attached hydrogen (secondary N) is 1. The van der Waals surface area contributed by atoms with Gasteiger partial charge >= 0.3 is 0 Å². The van der Waals surface area contributed by atoms with Gasteiger partial charge in [0.25, 0.3) is 0 Å². The summed E-state index contributed by atoms with van der Waals surface area (Å²) in [7, 11) is 0. The number of aromatic nitrogens is 3. The molecule has 1 fully saturated rings. The van der Waals surface area contributed by atoms with Crippen molar-refractivity contribution in [3.8, 4) is 0 Å². The molecule has 0 unspecified atom stereocenters. The number of hydrogen-bond acceptors (Lipinski definition) is 3. The summed E-state index contributed by atoms with van der Waals surface area (Å²) in [5.74, 6) is 1.05. The molecule has 19 heavy (non-hydrogen) atoms. The van der Waals surface area contributed by atoms with Crippen molar-refractivity contribution in [2.24, 2.45) is 0 Å². The van der Waals surface area contributed by atoms with Gasteiger partial charge < -0.3 is 9.88 Å². The van der Waals surface area contributed by atoms with Crippen molar-refractivity contribution in [3.63, 3.8) is 0 Å². The number of anilines is 1. The van der Waals surface area contributed by atoms with E-state index in [1.54, 1.807) is 6.33 Å². The first-order valence-electron chi connectivity index (χ1n) is 6.81. The van der Waals surface area contributed by atoms with Gasteiger partial charge in [-0.1, -0.05) is 12.1 Å². The van der Waals surface area contributed by atoms with Crippen LogP contribution in [0.25, 0.3) is 21.9 Å². The van der Waals surface area contributed by atoms with Gasteiger partial charge in [-0.05, 0) is 31.4 Å². The van der Waals surface area contributed by atoms with E-state index in [4.69, 9.17) is 0 Å². The molecule has 1 aromatic carbocycles. The van der Waals surface area contributed by atoms with Crippen LogP contribution in [0.4, 0.5) is 5.82 Å². The molecule has 1 saturated heterocycles. The van der Waals surface area contributed by atoms with Gasteiger partial charge in [-0.2, -0.15) is 0 Å².